The zero-order valence-corrected chi connectivity index (χ0v) is 13.8. The molecule has 1 atom stereocenters. The Hall–Kier alpha value is -1.07. The van der Waals surface area contributed by atoms with E-state index in [1.807, 2.05) is 20.8 Å². The minimum Gasteiger partial charge on any atom is -0.492 e. The summed E-state index contributed by atoms with van der Waals surface area (Å²) in [5.41, 5.74) is 0.525. The fourth-order valence-electron chi connectivity index (χ4n) is 1.82. The molecule has 1 aromatic carbocycles. The van der Waals surface area contributed by atoms with Gasteiger partial charge in [0.25, 0.3) is 0 Å². The summed E-state index contributed by atoms with van der Waals surface area (Å²) in [4.78, 5) is 11.6. The number of aryl methyl sites for hydroxylation is 1. The van der Waals surface area contributed by atoms with E-state index in [1.54, 1.807) is 12.1 Å². The Kier molecular flexibility index (Phi) is 7.75. The van der Waals surface area contributed by atoms with Crippen LogP contribution < -0.4 is 10.1 Å². The molecule has 0 saturated carbocycles. The van der Waals surface area contributed by atoms with Gasteiger partial charge in [-0.2, -0.15) is 12.6 Å². The fraction of sp³-hybridized carbons (Fsp3) is 0.562. The van der Waals surface area contributed by atoms with Crippen molar-refractivity contribution in [2.75, 3.05) is 13.2 Å². The average Bonchev–Trinajstić information content (AvgIpc) is 2.43. The number of carbonyl (C=O) groups excluding carboxylic acids is 1. The number of hydrogen-bond donors (Lipinski definition) is 2. The van der Waals surface area contributed by atoms with E-state index in [0.717, 1.165) is 0 Å². The van der Waals surface area contributed by atoms with Crippen LogP contribution in [0, 0.1) is 11.7 Å². The van der Waals surface area contributed by atoms with Crippen molar-refractivity contribution in [2.24, 2.45) is 5.92 Å². The summed E-state index contributed by atoms with van der Waals surface area (Å²) in [5, 5.41) is 3.23. The number of halogens is 1. The van der Waals surface area contributed by atoms with Crippen molar-refractivity contribution in [1.29, 1.82) is 0 Å². The Balaban J connectivity index is 2.52. The predicted molar refractivity (Wildman–Crippen MR) is 86.5 cm³/mol. The summed E-state index contributed by atoms with van der Waals surface area (Å²) in [6.45, 7) is 6.80. The second-order valence-electron chi connectivity index (χ2n) is 5.35. The van der Waals surface area contributed by atoms with Gasteiger partial charge in [-0.15, -0.1) is 0 Å². The van der Waals surface area contributed by atoms with Gasteiger partial charge in [-0.05, 0) is 37.1 Å². The van der Waals surface area contributed by atoms with Crippen LogP contribution >= 0.6 is 12.6 Å². The number of Topliss-reactive ketones (excluding diaryl/α,β-unsaturated/α-hetero) is 1. The first kappa shape index (κ1) is 18.0. The van der Waals surface area contributed by atoms with Crippen molar-refractivity contribution in [1.82, 2.24) is 5.32 Å². The number of ether oxygens (including phenoxy) is 1. The lowest BCUT2D eigenvalue weighted by Gasteiger charge is -2.11. The number of nitrogens with one attached hydrogen (secondary N) is 1. The highest BCUT2D eigenvalue weighted by atomic mass is 32.1. The monoisotopic (exact) mass is 313 g/mol. The molecule has 1 unspecified atom stereocenters. The van der Waals surface area contributed by atoms with Gasteiger partial charge in [0.05, 0.1) is 0 Å². The molecule has 1 N–H and O–H groups in total. The van der Waals surface area contributed by atoms with Crippen LogP contribution in [0.15, 0.2) is 18.2 Å². The third kappa shape index (κ3) is 6.96. The maximum atomic E-state index is 13.7. The van der Waals surface area contributed by atoms with Crippen LogP contribution in [0.3, 0.4) is 0 Å². The quantitative estimate of drug-likeness (QED) is 0.418. The summed E-state index contributed by atoms with van der Waals surface area (Å²) >= 11 is 4.20. The van der Waals surface area contributed by atoms with E-state index in [9.17, 15) is 9.18 Å². The van der Waals surface area contributed by atoms with Crippen LogP contribution in [0.25, 0.3) is 0 Å². The minimum absolute atomic E-state index is 0.0122. The van der Waals surface area contributed by atoms with Crippen LogP contribution in [0.4, 0.5) is 4.39 Å². The van der Waals surface area contributed by atoms with Crippen molar-refractivity contribution < 1.29 is 13.9 Å². The maximum Gasteiger partial charge on any atom is 0.135 e. The van der Waals surface area contributed by atoms with E-state index in [-0.39, 0.29) is 22.9 Å². The topological polar surface area (TPSA) is 38.3 Å². The summed E-state index contributed by atoms with van der Waals surface area (Å²) in [6, 6.07) is 4.67. The number of ketones is 1. The third-order valence-electron chi connectivity index (χ3n) is 3.11. The standard InChI is InChI=1S/C16H24FNO2S/c1-11(2)16(19)7-4-13-10-14(5-6-15(13)17)20-9-8-18-12(3)21/h5-6,10-12,18,21H,4,7-9H2,1-3H3. The molecule has 118 valence electrons. The largest absolute Gasteiger partial charge is 0.492 e. The van der Waals surface area contributed by atoms with E-state index >= 15 is 0 Å². The fourth-order valence-corrected chi connectivity index (χ4v) is 1.94. The van der Waals surface area contributed by atoms with Crippen LogP contribution in [0.1, 0.15) is 32.8 Å². The Morgan fingerprint density at radius 2 is 2.10 bits per heavy atom. The first-order valence-corrected chi connectivity index (χ1v) is 7.77. The Labute approximate surface area is 131 Å². The van der Waals surface area contributed by atoms with E-state index in [0.29, 0.717) is 37.3 Å². The molecule has 0 aromatic heterocycles. The first-order valence-electron chi connectivity index (χ1n) is 7.25. The van der Waals surface area contributed by atoms with Gasteiger partial charge in [-0.1, -0.05) is 13.8 Å². The minimum atomic E-state index is -0.291. The van der Waals surface area contributed by atoms with Crippen molar-refractivity contribution >= 4 is 18.4 Å². The lowest BCUT2D eigenvalue weighted by atomic mass is 10.0. The van der Waals surface area contributed by atoms with Gasteiger partial charge in [0.15, 0.2) is 0 Å². The van der Waals surface area contributed by atoms with E-state index in [4.69, 9.17) is 4.74 Å². The predicted octanol–water partition coefficient (Wildman–Crippen LogP) is 3.23. The van der Waals surface area contributed by atoms with Gasteiger partial charge in [0.2, 0.25) is 0 Å². The van der Waals surface area contributed by atoms with Gasteiger partial charge < -0.3 is 10.1 Å². The number of thiol groups is 1. The lowest BCUT2D eigenvalue weighted by Crippen LogP contribution is -2.26. The zero-order chi connectivity index (χ0) is 15.8. The van der Waals surface area contributed by atoms with Crippen LogP contribution in [0.2, 0.25) is 0 Å². The molecule has 0 heterocycles. The number of carbonyl (C=O) groups is 1. The van der Waals surface area contributed by atoms with Crippen molar-refractivity contribution in [3.8, 4) is 5.75 Å². The number of hydrogen-bond acceptors (Lipinski definition) is 4. The highest BCUT2D eigenvalue weighted by Crippen LogP contribution is 2.19. The van der Waals surface area contributed by atoms with Gasteiger partial charge >= 0.3 is 0 Å². The molecule has 0 bridgehead atoms. The number of rotatable bonds is 9. The molecule has 0 aliphatic rings. The molecule has 5 heteroatoms. The number of benzene rings is 1. The molecule has 0 spiro atoms. The molecule has 0 aliphatic heterocycles. The lowest BCUT2D eigenvalue weighted by molar-refractivity contribution is -0.121. The average molecular weight is 313 g/mol. The Morgan fingerprint density at radius 3 is 2.71 bits per heavy atom. The van der Waals surface area contributed by atoms with Crippen LogP contribution in [0.5, 0.6) is 5.75 Å². The third-order valence-corrected chi connectivity index (χ3v) is 3.29. The van der Waals surface area contributed by atoms with Crippen molar-refractivity contribution in [2.45, 2.75) is 39.0 Å². The van der Waals surface area contributed by atoms with Crippen LogP contribution in [-0.2, 0) is 11.2 Å². The van der Waals surface area contributed by atoms with Crippen LogP contribution in [-0.4, -0.2) is 24.3 Å². The maximum absolute atomic E-state index is 13.7. The molecular weight excluding hydrogens is 289 g/mol. The molecule has 1 aromatic rings. The van der Waals surface area contributed by atoms with E-state index in [1.165, 1.54) is 6.07 Å². The molecule has 0 fully saturated rings. The summed E-state index contributed by atoms with van der Waals surface area (Å²) in [5.74, 6) is 0.465. The normalized spacial score (nSPS) is 12.5. The van der Waals surface area contributed by atoms with Crippen molar-refractivity contribution in [3.05, 3.63) is 29.6 Å². The highest BCUT2D eigenvalue weighted by molar-refractivity contribution is 7.80. The molecule has 0 aliphatic carbocycles. The van der Waals surface area contributed by atoms with E-state index in [2.05, 4.69) is 17.9 Å². The van der Waals surface area contributed by atoms with Crippen molar-refractivity contribution in [3.63, 3.8) is 0 Å². The smallest absolute Gasteiger partial charge is 0.135 e. The molecule has 3 nitrogen and oxygen atoms in total. The first-order chi connectivity index (χ1) is 9.90. The summed E-state index contributed by atoms with van der Waals surface area (Å²) in [6.07, 6.45) is 0.767. The molecule has 21 heavy (non-hydrogen) atoms. The molecular formula is C16H24FNO2S. The SMILES string of the molecule is CC(S)NCCOc1ccc(F)c(CCC(=O)C(C)C)c1. The molecule has 0 radical (unpaired) electrons. The Bertz CT molecular complexity index is 464. The highest BCUT2D eigenvalue weighted by Gasteiger charge is 2.10. The zero-order valence-electron chi connectivity index (χ0n) is 12.9. The molecule has 1 rings (SSSR count). The molecule has 0 amide bonds. The van der Waals surface area contributed by atoms with Gasteiger partial charge in [0, 0.05) is 24.3 Å². The summed E-state index contributed by atoms with van der Waals surface area (Å²) < 4.78 is 19.3. The molecule has 0 saturated heterocycles. The second-order valence-corrected chi connectivity index (χ2v) is 6.13. The van der Waals surface area contributed by atoms with Gasteiger partial charge in [-0.3, -0.25) is 4.79 Å². The van der Waals surface area contributed by atoms with Gasteiger partial charge in [-0.25, -0.2) is 4.39 Å². The summed E-state index contributed by atoms with van der Waals surface area (Å²) in [7, 11) is 0. The Morgan fingerprint density at radius 1 is 1.38 bits per heavy atom. The second kappa shape index (κ2) is 9.05. The van der Waals surface area contributed by atoms with E-state index < -0.39 is 0 Å². The van der Waals surface area contributed by atoms with Gasteiger partial charge in [0.1, 0.15) is 24.0 Å².